The monoisotopic (exact) mass is 458 g/mol. The number of hydrogen-bond acceptors (Lipinski definition) is 6. The van der Waals surface area contributed by atoms with E-state index in [1.165, 1.54) is 18.2 Å². The highest BCUT2D eigenvalue weighted by Crippen LogP contribution is 2.35. The maximum Gasteiger partial charge on any atom is 0.133 e. The van der Waals surface area contributed by atoms with Crippen LogP contribution in [0.4, 0.5) is 8.78 Å². The number of aliphatic hydroxyl groups is 4. The lowest BCUT2D eigenvalue weighted by molar-refractivity contribution is -0.231. The van der Waals surface area contributed by atoms with Crippen molar-refractivity contribution in [2.45, 2.75) is 56.9 Å². The number of rotatable bonds is 6. The molecule has 5 atom stereocenters. The summed E-state index contributed by atoms with van der Waals surface area (Å²) in [5.74, 6) is -1.50. The fourth-order valence-electron chi connectivity index (χ4n) is 3.56. The topological polar surface area (TPSA) is 99.4 Å². The fourth-order valence-corrected chi connectivity index (χ4v) is 3.75. The van der Waals surface area contributed by atoms with Crippen LogP contribution in [0.2, 0.25) is 5.02 Å². The van der Waals surface area contributed by atoms with E-state index in [0.29, 0.717) is 11.1 Å². The van der Waals surface area contributed by atoms with E-state index >= 15 is 0 Å². The van der Waals surface area contributed by atoms with Gasteiger partial charge in [0, 0.05) is 29.1 Å². The highest BCUT2D eigenvalue weighted by Gasteiger charge is 2.44. The van der Waals surface area contributed by atoms with Gasteiger partial charge in [-0.1, -0.05) is 23.7 Å². The molecule has 31 heavy (non-hydrogen) atoms. The zero-order valence-electron chi connectivity index (χ0n) is 17.0. The van der Waals surface area contributed by atoms with Gasteiger partial charge in [0.25, 0.3) is 0 Å². The molecule has 0 bridgehead atoms. The molecule has 0 spiro atoms. The Labute approximate surface area is 183 Å². The van der Waals surface area contributed by atoms with Crippen molar-refractivity contribution in [3.63, 3.8) is 0 Å². The number of hydrogen-bond donors (Lipinski definition) is 4. The molecule has 2 aromatic rings. The summed E-state index contributed by atoms with van der Waals surface area (Å²) >= 11 is 6.23. The Kier molecular flexibility index (Phi) is 7.51. The molecule has 0 amide bonds. The molecule has 0 unspecified atom stereocenters. The molecule has 0 radical (unpaired) electrons. The predicted octanol–water partition coefficient (Wildman–Crippen LogP) is 2.51. The first kappa shape index (κ1) is 23.8. The van der Waals surface area contributed by atoms with Gasteiger partial charge in [0.1, 0.15) is 47.9 Å². The number of halogens is 3. The molecule has 6 nitrogen and oxygen atoms in total. The van der Waals surface area contributed by atoms with Crippen molar-refractivity contribution in [3.8, 4) is 5.75 Å². The molecule has 2 aromatic carbocycles. The summed E-state index contributed by atoms with van der Waals surface area (Å²) in [6.07, 6.45) is -7.09. The summed E-state index contributed by atoms with van der Waals surface area (Å²) in [4.78, 5) is 0. The molecule has 1 aliphatic rings. The molecule has 1 aliphatic heterocycles. The first-order valence-corrected chi connectivity index (χ1v) is 10.2. The van der Waals surface area contributed by atoms with Crippen LogP contribution in [-0.4, -0.2) is 57.6 Å². The maximum absolute atomic E-state index is 14.6. The molecule has 9 heteroatoms. The minimum Gasteiger partial charge on any atom is -0.491 e. The van der Waals surface area contributed by atoms with Gasteiger partial charge in [0.15, 0.2) is 0 Å². The van der Waals surface area contributed by atoms with E-state index < -0.39 is 48.8 Å². The average Bonchev–Trinajstić information content (AvgIpc) is 2.70. The highest BCUT2D eigenvalue weighted by atomic mass is 35.5. The van der Waals surface area contributed by atoms with Crippen LogP contribution in [0.15, 0.2) is 30.3 Å². The van der Waals surface area contributed by atoms with Gasteiger partial charge < -0.3 is 29.9 Å². The van der Waals surface area contributed by atoms with Gasteiger partial charge in [0.2, 0.25) is 0 Å². The van der Waals surface area contributed by atoms with Crippen molar-refractivity contribution < 1.29 is 38.7 Å². The summed E-state index contributed by atoms with van der Waals surface area (Å²) in [7, 11) is 0. The second-order valence-electron chi connectivity index (χ2n) is 7.81. The largest absolute Gasteiger partial charge is 0.491 e. The maximum atomic E-state index is 14.6. The van der Waals surface area contributed by atoms with E-state index in [4.69, 9.17) is 21.1 Å². The number of ether oxygens (including phenoxy) is 2. The van der Waals surface area contributed by atoms with Crippen molar-refractivity contribution in [1.29, 1.82) is 0 Å². The van der Waals surface area contributed by atoms with Crippen LogP contribution in [0.3, 0.4) is 0 Å². The van der Waals surface area contributed by atoms with Crippen molar-refractivity contribution in [3.05, 3.63) is 63.7 Å². The summed E-state index contributed by atoms with van der Waals surface area (Å²) in [6.45, 7) is 2.92. The Morgan fingerprint density at radius 3 is 2.26 bits per heavy atom. The Morgan fingerprint density at radius 1 is 1.03 bits per heavy atom. The minimum absolute atomic E-state index is 0.0786. The van der Waals surface area contributed by atoms with E-state index in [0.717, 1.165) is 12.1 Å². The van der Waals surface area contributed by atoms with Gasteiger partial charge in [-0.3, -0.25) is 0 Å². The molecular weight excluding hydrogens is 434 g/mol. The van der Waals surface area contributed by atoms with Crippen molar-refractivity contribution >= 4 is 11.6 Å². The fraction of sp³-hybridized carbons (Fsp3) is 0.455. The Morgan fingerprint density at radius 2 is 1.68 bits per heavy atom. The van der Waals surface area contributed by atoms with Crippen LogP contribution < -0.4 is 4.74 Å². The molecule has 0 saturated carbocycles. The van der Waals surface area contributed by atoms with E-state index in [9.17, 15) is 29.2 Å². The summed E-state index contributed by atoms with van der Waals surface area (Å²) < 4.78 is 40.0. The minimum atomic E-state index is -1.54. The normalized spacial score (nSPS) is 26.3. The zero-order chi connectivity index (χ0) is 22.9. The van der Waals surface area contributed by atoms with E-state index in [1.807, 2.05) is 0 Å². The van der Waals surface area contributed by atoms with Crippen LogP contribution in [-0.2, 0) is 11.2 Å². The first-order chi connectivity index (χ1) is 14.6. The van der Waals surface area contributed by atoms with Crippen molar-refractivity contribution in [2.75, 3.05) is 6.61 Å². The zero-order valence-corrected chi connectivity index (χ0v) is 17.8. The smallest absolute Gasteiger partial charge is 0.133 e. The number of benzene rings is 2. The van der Waals surface area contributed by atoms with Gasteiger partial charge in [-0.15, -0.1) is 0 Å². The standard InChI is InChI=1S/C22H25ClF2O6/c1-10(2)30-13-7-16(24)14(17(25)8-13)6-12-5-11(3-4-15(12)23)22-21(29)20(28)19(27)18(9-26)31-22/h3-5,7-8,10,18-22,26-29H,6,9H2,1-2H3/t18-,19-,20+,21-,22+/m1/s1. The van der Waals surface area contributed by atoms with E-state index in [2.05, 4.69) is 0 Å². The molecule has 3 rings (SSSR count). The lowest BCUT2D eigenvalue weighted by Gasteiger charge is -2.40. The van der Waals surface area contributed by atoms with Crippen LogP contribution in [0.25, 0.3) is 0 Å². The lowest BCUT2D eigenvalue weighted by atomic mass is 9.90. The molecule has 0 aliphatic carbocycles. The van der Waals surface area contributed by atoms with Crippen molar-refractivity contribution in [2.24, 2.45) is 0 Å². The Hall–Kier alpha value is -1.81. The van der Waals surface area contributed by atoms with Gasteiger partial charge in [-0.05, 0) is 31.0 Å². The summed E-state index contributed by atoms with van der Waals surface area (Å²) in [6, 6.07) is 6.73. The van der Waals surface area contributed by atoms with Crippen molar-refractivity contribution in [1.82, 2.24) is 0 Å². The van der Waals surface area contributed by atoms with Gasteiger partial charge in [-0.25, -0.2) is 8.78 Å². The van der Waals surface area contributed by atoms with Crippen LogP contribution >= 0.6 is 11.6 Å². The van der Waals surface area contributed by atoms with Crippen LogP contribution in [0.5, 0.6) is 5.75 Å². The molecule has 1 saturated heterocycles. The summed E-state index contributed by atoms with van der Waals surface area (Å²) in [5, 5.41) is 39.9. The lowest BCUT2D eigenvalue weighted by Crippen LogP contribution is -2.55. The predicted molar refractivity (Wildman–Crippen MR) is 109 cm³/mol. The van der Waals surface area contributed by atoms with Crippen LogP contribution in [0.1, 0.15) is 36.6 Å². The molecule has 0 aromatic heterocycles. The van der Waals surface area contributed by atoms with Gasteiger partial charge in [-0.2, -0.15) is 0 Å². The van der Waals surface area contributed by atoms with Gasteiger partial charge >= 0.3 is 0 Å². The first-order valence-electron chi connectivity index (χ1n) is 9.85. The van der Waals surface area contributed by atoms with Gasteiger partial charge in [0.05, 0.1) is 12.7 Å². The van der Waals surface area contributed by atoms with Crippen LogP contribution in [0, 0.1) is 11.6 Å². The average molecular weight is 459 g/mol. The third kappa shape index (κ3) is 5.16. The third-order valence-corrected chi connectivity index (χ3v) is 5.51. The Balaban J connectivity index is 1.90. The SMILES string of the molecule is CC(C)Oc1cc(F)c(Cc2cc([C@@H]3O[C@H](CO)[C@@H](O)[C@H](O)[C@H]3O)ccc2Cl)c(F)c1. The summed E-state index contributed by atoms with van der Waals surface area (Å²) in [5.41, 5.74) is 0.535. The molecule has 170 valence electrons. The molecular formula is C22H25ClF2O6. The third-order valence-electron chi connectivity index (χ3n) is 5.14. The number of aliphatic hydroxyl groups excluding tert-OH is 4. The Bertz CT molecular complexity index is 900. The molecule has 4 N–H and O–H groups in total. The molecule has 1 fully saturated rings. The highest BCUT2D eigenvalue weighted by molar-refractivity contribution is 6.31. The van der Waals surface area contributed by atoms with E-state index in [1.54, 1.807) is 13.8 Å². The second-order valence-corrected chi connectivity index (χ2v) is 8.22. The second kappa shape index (κ2) is 9.77. The quantitative estimate of drug-likeness (QED) is 0.531. The van der Waals surface area contributed by atoms with E-state index in [-0.39, 0.29) is 28.9 Å². The molecule has 1 heterocycles.